The first-order valence-electron chi connectivity index (χ1n) is 6.64. The second-order valence-corrected chi connectivity index (χ2v) is 4.61. The molecular formula is C16H19N3O2. The zero-order chi connectivity index (χ0) is 15.1. The molecule has 0 aromatic heterocycles. The molecule has 2 rings (SSSR count). The Morgan fingerprint density at radius 3 is 2.52 bits per heavy atom. The van der Waals surface area contributed by atoms with Gasteiger partial charge in [-0.1, -0.05) is 41.6 Å². The number of hydrogen-bond donors (Lipinski definition) is 3. The number of amidine groups is 1. The maximum atomic E-state index is 8.74. The zero-order valence-corrected chi connectivity index (χ0v) is 11.9. The molecule has 0 bridgehead atoms. The molecule has 0 fully saturated rings. The molecule has 0 aliphatic heterocycles. The molecule has 0 aliphatic carbocycles. The summed E-state index contributed by atoms with van der Waals surface area (Å²) < 4.78 is 5.27. The number of hydrogen-bond acceptors (Lipinski definition) is 4. The summed E-state index contributed by atoms with van der Waals surface area (Å²) in [6.45, 7) is 1.51. The topological polar surface area (TPSA) is 79.9 Å². The van der Waals surface area contributed by atoms with Crippen molar-refractivity contribution >= 4 is 5.84 Å². The first-order valence-corrected chi connectivity index (χ1v) is 6.64. The summed E-state index contributed by atoms with van der Waals surface area (Å²) in [6, 6.07) is 15.8. The largest absolute Gasteiger partial charge is 0.496 e. The lowest BCUT2D eigenvalue weighted by molar-refractivity contribution is 0.318. The van der Waals surface area contributed by atoms with Crippen molar-refractivity contribution in [3.63, 3.8) is 0 Å². The molecule has 4 N–H and O–H groups in total. The second-order valence-electron chi connectivity index (χ2n) is 4.61. The van der Waals surface area contributed by atoms with Crippen LogP contribution >= 0.6 is 0 Å². The summed E-state index contributed by atoms with van der Waals surface area (Å²) in [7, 11) is 1.56. The Labute approximate surface area is 124 Å². The van der Waals surface area contributed by atoms with Gasteiger partial charge in [0.2, 0.25) is 0 Å². The van der Waals surface area contributed by atoms with Gasteiger partial charge in [-0.05, 0) is 23.3 Å². The van der Waals surface area contributed by atoms with Crippen LogP contribution in [0, 0.1) is 0 Å². The molecule has 0 amide bonds. The SMILES string of the molecule is COc1cc(CNCc2ccccc2)ccc1/C(N)=N/O. The van der Waals surface area contributed by atoms with Crippen LogP contribution in [0.15, 0.2) is 53.7 Å². The van der Waals surface area contributed by atoms with Gasteiger partial charge in [-0.15, -0.1) is 0 Å². The highest BCUT2D eigenvalue weighted by Crippen LogP contribution is 2.20. The predicted octanol–water partition coefficient (Wildman–Crippen LogP) is 2.08. The standard InChI is InChI=1S/C16H19N3O2/c1-21-15-9-13(7-8-14(15)16(17)19-20)11-18-10-12-5-3-2-4-6-12/h2-9,18,20H,10-11H2,1H3,(H2,17,19). The van der Waals surface area contributed by atoms with Crippen LogP contribution in [-0.2, 0) is 13.1 Å². The van der Waals surface area contributed by atoms with Gasteiger partial charge in [-0.3, -0.25) is 0 Å². The summed E-state index contributed by atoms with van der Waals surface area (Å²) in [4.78, 5) is 0. The van der Waals surface area contributed by atoms with Crippen molar-refractivity contribution in [2.45, 2.75) is 13.1 Å². The normalized spacial score (nSPS) is 11.4. The summed E-state index contributed by atoms with van der Waals surface area (Å²) in [5.41, 5.74) is 8.48. The Kier molecular flexibility index (Phi) is 5.17. The quantitative estimate of drug-likeness (QED) is 0.328. The summed E-state index contributed by atoms with van der Waals surface area (Å²) in [5.74, 6) is 0.625. The fourth-order valence-electron chi connectivity index (χ4n) is 2.06. The van der Waals surface area contributed by atoms with Crippen LogP contribution in [0.1, 0.15) is 16.7 Å². The van der Waals surface area contributed by atoms with Crippen LogP contribution in [0.2, 0.25) is 0 Å². The number of nitrogens with one attached hydrogen (secondary N) is 1. The van der Waals surface area contributed by atoms with Gasteiger partial charge in [0.25, 0.3) is 0 Å². The lowest BCUT2D eigenvalue weighted by Crippen LogP contribution is -2.16. The van der Waals surface area contributed by atoms with Crippen LogP contribution in [0.4, 0.5) is 0 Å². The average molecular weight is 285 g/mol. The van der Waals surface area contributed by atoms with Gasteiger partial charge >= 0.3 is 0 Å². The maximum absolute atomic E-state index is 8.74. The Morgan fingerprint density at radius 2 is 1.86 bits per heavy atom. The molecule has 0 radical (unpaired) electrons. The van der Waals surface area contributed by atoms with Crippen LogP contribution in [0.3, 0.4) is 0 Å². The number of nitrogens with zero attached hydrogens (tertiary/aromatic N) is 1. The molecule has 2 aromatic rings. The van der Waals surface area contributed by atoms with Crippen LogP contribution in [0.25, 0.3) is 0 Å². The number of methoxy groups -OCH3 is 1. The highest BCUT2D eigenvalue weighted by Gasteiger charge is 2.08. The van der Waals surface area contributed by atoms with Crippen molar-refractivity contribution in [3.8, 4) is 5.75 Å². The first kappa shape index (κ1) is 14.9. The number of nitrogens with two attached hydrogens (primary N) is 1. The van der Waals surface area contributed by atoms with E-state index in [1.165, 1.54) is 5.56 Å². The van der Waals surface area contributed by atoms with Crippen molar-refractivity contribution < 1.29 is 9.94 Å². The number of oxime groups is 1. The number of rotatable bonds is 6. The Balaban J connectivity index is 2.01. The summed E-state index contributed by atoms with van der Waals surface area (Å²) in [5, 5.41) is 15.1. The molecule has 21 heavy (non-hydrogen) atoms. The molecule has 0 saturated heterocycles. The van der Waals surface area contributed by atoms with Crippen molar-refractivity contribution in [2.24, 2.45) is 10.9 Å². The van der Waals surface area contributed by atoms with Crippen molar-refractivity contribution in [3.05, 3.63) is 65.2 Å². The van der Waals surface area contributed by atoms with E-state index in [1.807, 2.05) is 30.3 Å². The fourth-order valence-corrected chi connectivity index (χ4v) is 2.06. The van der Waals surface area contributed by atoms with E-state index in [-0.39, 0.29) is 5.84 Å². The minimum Gasteiger partial charge on any atom is -0.496 e. The van der Waals surface area contributed by atoms with Gasteiger partial charge < -0.3 is 21.0 Å². The van der Waals surface area contributed by atoms with Gasteiger partial charge in [-0.25, -0.2) is 0 Å². The van der Waals surface area contributed by atoms with Crippen molar-refractivity contribution in [1.29, 1.82) is 0 Å². The van der Waals surface area contributed by atoms with E-state index < -0.39 is 0 Å². The lowest BCUT2D eigenvalue weighted by Gasteiger charge is -2.10. The first-order chi connectivity index (χ1) is 10.2. The molecule has 0 spiro atoms. The van der Waals surface area contributed by atoms with Crippen LogP contribution in [0.5, 0.6) is 5.75 Å². The fraction of sp³-hybridized carbons (Fsp3) is 0.188. The molecule has 0 atom stereocenters. The van der Waals surface area contributed by atoms with E-state index in [1.54, 1.807) is 13.2 Å². The molecule has 2 aromatic carbocycles. The van der Waals surface area contributed by atoms with E-state index >= 15 is 0 Å². The third-order valence-corrected chi connectivity index (χ3v) is 3.15. The molecule has 0 heterocycles. The predicted molar refractivity (Wildman–Crippen MR) is 82.5 cm³/mol. The third kappa shape index (κ3) is 3.97. The molecule has 5 heteroatoms. The zero-order valence-electron chi connectivity index (χ0n) is 11.9. The van der Waals surface area contributed by atoms with E-state index in [2.05, 4.69) is 22.6 Å². The molecule has 0 aliphatic rings. The highest BCUT2D eigenvalue weighted by molar-refractivity contribution is 5.99. The highest BCUT2D eigenvalue weighted by atomic mass is 16.5. The van der Waals surface area contributed by atoms with Gasteiger partial charge in [0.05, 0.1) is 12.7 Å². The summed E-state index contributed by atoms with van der Waals surface area (Å²) in [6.07, 6.45) is 0. The Bertz CT molecular complexity index is 612. The Hall–Kier alpha value is -2.53. The average Bonchev–Trinajstić information content (AvgIpc) is 2.55. The van der Waals surface area contributed by atoms with Gasteiger partial charge in [0.1, 0.15) is 5.75 Å². The van der Waals surface area contributed by atoms with E-state index in [9.17, 15) is 0 Å². The van der Waals surface area contributed by atoms with Crippen molar-refractivity contribution in [2.75, 3.05) is 7.11 Å². The lowest BCUT2D eigenvalue weighted by atomic mass is 10.1. The minimum absolute atomic E-state index is 0.0376. The number of benzene rings is 2. The molecule has 5 nitrogen and oxygen atoms in total. The van der Waals surface area contributed by atoms with Gasteiger partial charge in [0, 0.05) is 13.1 Å². The van der Waals surface area contributed by atoms with Gasteiger partial charge in [0.15, 0.2) is 5.84 Å². The molecule has 0 saturated carbocycles. The summed E-state index contributed by atoms with van der Waals surface area (Å²) >= 11 is 0. The monoisotopic (exact) mass is 285 g/mol. The van der Waals surface area contributed by atoms with E-state index in [4.69, 9.17) is 15.7 Å². The van der Waals surface area contributed by atoms with E-state index in [0.717, 1.165) is 12.1 Å². The minimum atomic E-state index is 0.0376. The van der Waals surface area contributed by atoms with Crippen molar-refractivity contribution in [1.82, 2.24) is 5.32 Å². The second kappa shape index (κ2) is 7.31. The van der Waals surface area contributed by atoms with E-state index in [0.29, 0.717) is 17.9 Å². The third-order valence-electron chi connectivity index (χ3n) is 3.15. The maximum Gasteiger partial charge on any atom is 0.173 e. The molecule has 110 valence electrons. The molecule has 0 unspecified atom stereocenters. The van der Waals surface area contributed by atoms with Crippen LogP contribution < -0.4 is 15.8 Å². The smallest absolute Gasteiger partial charge is 0.173 e. The van der Waals surface area contributed by atoms with Gasteiger partial charge in [-0.2, -0.15) is 0 Å². The number of ether oxygens (including phenoxy) is 1. The van der Waals surface area contributed by atoms with Crippen LogP contribution in [-0.4, -0.2) is 18.2 Å². The molecular weight excluding hydrogens is 266 g/mol. The Morgan fingerprint density at radius 1 is 1.14 bits per heavy atom.